The van der Waals surface area contributed by atoms with Crippen molar-refractivity contribution in [3.8, 4) is 11.5 Å². The van der Waals surface area contributed by atoms with Crippen LogP contribution in [0.3, 0.4) is 0 Å². The Morgan fingerprint density at radius 2 is 1.85 bits per heavy atom. The molecule has 0 aliphatic rings. The Hall–Kier alpha value is -1.32. The van der Waals surface area contributed by atoms with E-state index in [-0.39, 0.29) is 0 Å². The van der Waals surface area contributed by atoms with Crippen molar-refractivity contribution in [2.45, 2.75) is 26.3 Å². The van der Waals surface area contributed by atoms with Crippen LogP contribution in [0, 0.1) is 0 Å². The molecule has 2 rings (SSSR count). The molecule has 0 aliphatic heterocycles. The Kier molecular flexibility index (Phi) is 5.62. The zero-order valence-electron chi connectivity index (χ0n) is 11.9. The topological polar surface area (TPSA) is 21.3 Å². The van der Waals surface area contributed by atoms with Crippen LogP contribution in [-0.4, -0.2) is 6.54 Å². The third-order valence-electron chi connectivity index (χ3n) is 3.11. The lowest BCUT2D eigenvalue weighted by Crippen LogP contribution is -2.19. The predicted molar refractivity (Wildman–Crippen MR) is 87.4 cm³/mol. The molecule has 1 unspecified atom stereocenters. The average Bonchev–Trinajstić information content (AvgIpc) is 2.45. The molecule has 0 radical (unpaired) electrons. The summed E-state index contributed by atoms with van der Waals surface area (Å²) in [5.74, 6) is 1.69. The van der Waals surface area contributed by atoms with Gasteiger partial charge in [-0.25, -0.2) is 0 Å². The van der Waals surface area contributed by atoms with Gasteiger partial charge in [-0.15, -0.1) is 0 Å². The summed E-state index contributed by atoms with van der Waals surface area (Å²) in [5.41, 5.74) is 1.28. The summed E-state index contributed by atoms with van der Waals surface area (Å²) in [4.78, 5) is 0. The van der Waals surface area contributed by atoms with Crippen LogP contribution >= 0.6 is 15.9 Å². The third kappa shape index (κ3) is 4.36. The number of hydrogen-bond donors (Lipinski definition) is 1. The molecule has 2 nitrogen and oxygen atoms in total. The second kappa shape index (κ2) is 7.46. The van der Waals surface area contributed by atoms with E-state index in [1.165, 1.54) is 5.56 Å². The Labute approximate surface area is 129 Å². The first-order valence-electron chi connectivity index (χ1n) is 6.96. The molecule has 0 aromatic heterocycles. The number of halogens is 1. The Bertz CT molecular complexity index is 539. The summed E-state index contributed by atoms with van der Waals surface area (Å²) in [7, 11) is 0. The molecule has 1 atom stereocenters. The van der Waals surface area contributed by atoms with Gasteiger partial charge in [0.15, 0.2) is 0 Å². The van der Waals surface area contributed by atoms with Gasteiger partial charge in [-0.1, -0.05) is 41.1 Å². The second-order valence-electron chi connectivity index (χ2n) is 4.80. The van der Waals surface area contributed by atoms with Crippen molar-refractivity contribution in [1.29, 1.82) is 0 Å². The molecule has 1 N–H and O–H groups in total. The summed E-state index contributed by atoms with van der Waals surface area (Å²) >= 11 is 3.44. The molecule has 2 aromatic rings. The van der Waals surface area contributed by atoms with Gasteiger partial charge < -0.3 is 10.1 Å². The molecule has 3 heteroatoms. The minimum atomic E-state index is 0.370. The van der Waals surface area contributed by atoms with E-state index in [1.807, 2.05) is 36.4 Å². The smallest absolute Gasteiger partial charge is 0.128 e. The Balaban J connectivity index is 2.01. The molecule has 0 aliphatic carbocycles. The van der Waals surface area contributed by atoms with Crippen LogP contribution in [0.25, 0.3) is 0 Å². The van der Waals surface area contributed by atoms with Crippen LogP contribution in [0.15, 0.2) is 53.0 Å². The molecule has 106 valence electrons. The van der Waals surface area contributed by atoms with E-state index in [0.29, 0.717) is 6.04 Å². The summed E-state index contributed by atoms with van der Waals surface area (Å²) in [6, 6.07) is 16.5. The number of hydrogen-bond acceptors (Lipinski definition) is 2. The number of benzene rings is 2. The van der Waals surface area contributed by atoms with Crippen molar-refractivity contribution in [2.75, 3.05) is 6.54 Å². The monoisotopic (exact) mass is 333 g/mol. The molecule has 0 fully saturated rings. The van der Waals surface area contributed by atoms with Gasteiger partial charge in [-0.05, 0) is 55.8 Å². The highest BCUT2D eigenvalue weighted by Crippen LogP contribution is 2.25. The lowest BCUT2D eigenvalue weighted by Gasteiger charge is -2.14. The van der Waals surface area contributed by atoms with E-state index < -0.39 is 0 Å². The largest absolute Gasteiger partial charge is 0.457 e. The standard InChI is InChI=1S/C17H20BrNO/c1-3-11-19-13(2)14-7-9-16(10-8-14)20-17-6-4-5-15(18)12-17/h4-10,12-13,19H,3,11H2,1-2H3. The number of ether oxygens (including phenoxy) is 1. The van der Waals surface area contributed by atoms with E-state index in [1.54, 1.807) is 0 Å². The summed E-state index contributed by atoms with van der Waals surface area (Å²) in [5, 5.41) is 3.48. The molecule has 0 spiro atoms. The maximum absolute atomic E-state index is 5.82. The number of nitrogens with one attached hydrogen (secondary N) is 1. The van der Waals surface area contributed by atoms with Crippen LogP contribution in [0.5, 0.6) is 11.5 Å². The van der Waals surface area contributed by atoms with Gasteiger partial charge in [0.25, 0.3) is 0 Å². The third-order valence-corrected chi connectivity index (χ3v) is 3.61. The highest BCUT2D eigenvalue weighted by Gasteiger charge is 2.04. The van der Waals surface area contributed by atoms with Gasteiger partial charge in [0.1, 0.15) is 11.5 Å². The van der Waals surface area contributed by atoms with Crippen LogP contribution < -0.4 is 10.1 Å². The van der Waals surface area contributed by atoms with Crippen LogP contribution in [0.4, 0.5) is 0 Å². The first-order chi connectivity index (χ1) is 9.69. The van der Waals surface area contributed by atoms with Gasteiger partial charge >= 0.3 is 0 Å². The zero-order valence-corrected chi connectivity index (χ0v) is 13.5. The second-order valence-corrected chi connectivity index (χ2v) is 5.72. The van der Waals surface area contributed by atoms with Crippen molar-refractivity contribution in [1.82, 2.24) is 5.32 Å². The Morgan fingerprint density at radius 3 is 2.50 bits per heavy atom. The lowest BCUT2D eigenvalue weighted by atomic mass is 10.1. The van der Waals surface area contributed by atoms with E-state index in [4.69, 9.17) is 4.74 Å². The van der Waals surface area contributed by atoms with Crippen molar-refractivity contribution in [2.24, 2.45) is 0 Å². The van der Waals surface area contributed by atoms with Gasteiger partial charge in [0.2, 0.25) is 0 Å². The maximum atomic E-state index is 5.82. The van der Waals surface area contributed by atoms with E-state index >= 15 is 0 Å². The minimum absolute atomic E-state index is 0.370. The Morgan fingerprint density at radius 1 is 1.10 bits per heavy atom. The van der Waals surface area contributed by atoms with Crippen LogP contribution in [0.2, 0.25) is 0 Å². The molecular weight excluding hydrogens is 314 g/mol. The summed E-state index contributed by atoms with van der Waals surface area (Å²) < 4.78 is 6.84. The van der Waals surface area contributed by atoms with E-state index in [0.717, 1.165) is 28.9 Å². The molecule has 20 heavy (non-hydrogen) atoms. The maximum Gasteiger partial charge on any atom is 0.128 e. The van der Waals surface area contributed by atoms with Gasteiger partial charge in [-0.2, -0.15) is 0 Å². The molecule has 0 heterocycles. The predicted octanol–water partition coefficient (Wildman–Crippen LogP) is 5.30. The molecular formula is C17H20BrNO. The van der Waals surface area contributed by atoms with E-state index in [9.17, 15) is 0 Å². The highest BCUT2D eigenvalue weighted by atomic mass is 79.9. The lowest BCUT2D eigenvalue weighted by molar-refractivity contribution is 0.481. The van der Waals surface area contributed by atoms with Crippen molar-refractivity contribution in [3.63, 3.8) is 0 Å². The molecule has 0 bridgehead atoms. The van der Waals surface area contributed by atoms with Gasteiger partial charge in [-0.3, -0.25) is 0 Å². The van der Waals surface area contributed by atoms with Crippen molar-refractivity contribution in [3.05, 3.63) is 58.6 Å². The quantitative estimate of drug-likeness (QED) is 0.774. The fourth-order valence-electron chi connectivity index (χ4n) is 1.97. The molecule has 0 amide bonds. The van der Waals surface area contributed by atoms with Gasteiger partial charge in [0.05, 0.1) is 0 Å². The van der Waals surface area contributed by atoms with Crippen molar-refractivity contribution < 1.29 is 4.74 Å². The van der Waals surface area contributed by atoms with E-state index in [2.05, 4.69) is 47.2 Å². The average molecular weight is 334 g/mol. The SMILES string of the molecule is CCCNC(C)c1ccc(Oc2cccc(Br)c2)cc1. The van der Waals surface area contributed by atoms with Gasteiger partial charge in [0, 0.05) is 10.5 Å². The fourth-order valence-corrected chi connectivity index (χ4v) is 2.35. The first-order valence-corrected chi connectivity index (χ1v) is 7.75. The number of rotatable bonds is 6. The van der Waals surface area contributed by atoms with Crippen LogP contribution in [-0.2, 0) is 0 Å². The van der Waals surface area contributed by atoms with Crippen molar-refractivity contribution >= 4 is 15.9 Å². The molecule has 0 saturated heterocycles. The summed E-state index contributed by atoms with van der Waals surface area (Å²) in [6.45, 7) is 5.39. The summed E-state index contributed by atoms with van der Waals surface area (Å²) in [6.07, 6.45) is 1.15. The molecule has 2 aromatic carbocycles. The zero-order chi connectivity index (χ0) is 14.4. The fraction of sp³-hybridized carbons (Fsp3) is 0.294. The first kappa shape index (κ1) is 15.1. The minimum Gasteiger partial charge on any atom is -0.457 e. The highest BCUT2D eigenvalue weighted by molar-refractivity contribution is 9.10. The van der Waals surface area contributed by atoms with Crippen LogP contribution in [0.1, 0.15) is 31.9 Å². The molecule has 0 saturated carbocycles. The normalized spacial score (nSPS) is 12.2.